The molecule has 0 radical (unpaired) electrons. The van der Waals surface area contributed by atoms with Crippen molar-refractivity contribution in [2.45, 2.75) is 55.9 Å². The predicted molar refractivity (Wildman–Crippen MR) is 123 cm³/mol. The maximum absolute atomic E-state index is 13.2. The van der Waals surface area contributed by atoms with Gasteiger partial charge in [-0.3, -0.25) is 9.59 Å². The lowest BCUT2D eigenvalue weighted by molar-refractivity contribution is -0.116. The number of Topliss-reactive ketones (excluding diaryl/α,β-unsaturated/α-hetero) is 1. The van der Waals surface area contributed by atoms with E-state index in [0.29, 0.717) is 28.2 Å². The van der Waals surface area contributed by atoms with Crippen molar-refractivity contribution in [2.75, 3.05) is 24.3 Å². The van der Waals surface area contributed by atoms with Crippen LogP contribution in [-0.2, 0) is 4.79 Å². The van der Waals surface area contributed by atoms with Gasteiger partial charge in [0.25, 0.3) is 5.56 Å². The molecule has 4 rings (SSSR count). The molecule has 0 unspecified atom stereocenters. The van der Waals surface area contributed by atoms with Gasteiger partial charge in [0.15, 0.2) is 10.9 Å². The van der Waals surface area contributed by atoms with E-state index in [1.165, 1.54) is 0 Å². The van der Waals surface area contributed by atoms with Crippen molar-refractivity contribution in [1.29, 1.82) is 0 Å². The van der Waals surface area contributed by atoms with Crippen LogP contribution in [0.15, 0.2) is 45.5 Å². The Morgan fingerprint density at radius 2 is 1.93 bits per heavy atom. The third-order valence-corrected chi connectivity index (χ3v) is 7.02. The third kappa shape index (κ3) is 3.78. The number of carbonyl (C=O) groups excluding carboxylic acids is 1. The number of fused-ring (bicyclic) bond motifs is 1. The number of anilines is 2. The number of benzene rings is 1. The van der Waals surface area contributed by atoms with Crippen LogP contribution in [0.25, 0.3) is 0 Å². The molecule has 6 nitrogen and oxygen atoms in total. The maximum atomic E-state index is 13.2. The average Bonchev–Trinajstić information content (AvgIpc) is 2.72. The predicted octanol–water partition coefficient (Wildman–Crippen LogP) is 4.29. The number of nitrogens with one attached hydrogen (secondary N) is 2. The number of aromatic nitrogens is 2. The molecule has 0 saturated carbocycles. The maximum Gasteiger partial charge on any atom is 0.257 e. The van der Waals surface area contributed by atoms with Gasteiger partial charge in [0.05, 0.1) is 5.56 Å². The Balaban J connectivity index is 1.85. The highest BCUT2D eigenvalue weighted by Crippen LogP contribution is 2.43. The highest BCUT2D eigenvalue weighted by molar-refractivity contribution is 7.99. The van der Waals surface area contributed by atoms with E-state index in [4.69, 9.17) is 4.98 Å². The molecule has 1 aromatic carbocycles. The molecular weight excluding hydrogens is 396 g/mol. The number of hydrogen-bond donors (Lipinski definition) is 2. The van der Waals surface area contributed by atoms with Crippen LogP contribution in [0, 0.1) is 0 Å². The first-order chi connectivity index (χ1) is 14.4. The molecule has 2 N–H and O–H groups in total. The first kappa shape index (κ1) is 20.7. The summed E-state index contributed by atoms with van der Waals surface area (Å²) in [7, 11) is 3.98. The number of hydrogen-bond acceptors (Lipinski definition) is 6. The van der Waals surface area contributed by atoms with E-state index in [1.807, 2.05) is 43.3 Å². The molecule has 0 spiro atoms. The van der Waals surface area contributed by atoms with Gasteiger partial charge in [0, 0.05) is 48.6 Å². The minimum atomic E-state index is -0.390. The minimum Gasteiger partial charge on any atom is -0.378 e. The summed E-state index contributed by atoms with van der Waals surface area (Å²) in [6, 6.07) is 8.09. The number of H-pyrrole nitrogens is 1. The molecule has 7 heteroatoms. The molecule has 2 atom stereocenters. The van der Waals surface area contributed by atoms with E-state index in [2.05, 4.69) is 24.1 Å². The standard InChI is InChI=1S/C23H28N4O2S/c1-5-13(2)30-23-25-21-20(22(29)26-23)18(14-9-11-15(12-10-14)27(3)4)19-16(24-21)7-6-8-17(19)28/h9-13,18H,5-8H2,1-4H3,(H2,24,25,26,29)/t13-,18+/m0/s1. The smallest absolute Gasteiger partial charge is 0.257 e. The van der Waals surface area contributed by atoms with Crippen LogP contribution in [0.5, 0.6) is 0 Å². The number of ketones is 1. The van der Waals surface area contributed by atoms with Crippen LogP contribution in [0.1, 0.15) is 56.6 Å². The molecule has 1 aromatic heterocycles. The van der Waals surface area contributed by atoms with E-state index < -0.39 is 0 Å². The Morgan fingerprint density at radius 3 is 2.60 bits per heavy atom. The molecule has 0 amide bonds. The van der Waals surface area contributed by atoms with Gasteiger partial charge >= 0.3 is 0 Å². The van der Waals surface area contributed by atoms with Crippen LogP contribution >= 0.6 is 11.8 Å². The summed E-state index contributed by atoms with van der Waals surface area (Å²) in [5.74, 6) is 0.312. The number of nitrogens with zero attached hydrogens (tertiary/aromatic N) is 2. The first-order valence-corrected chi connectivity index (χ1v) is 11.4. The van der Waals surface area contributed by atoms with Crippen molar-refractivity contribution in [3.8, 4) is 0 Å². The van der Waals surface area contributed by atoms with Crippen LogP contribution in [0.4, 0.5) is 11.5 Å². The van der Waals surface area contributed by atoms with Gasteiger partial charge in [-0.25, -0.2) is 4.98 Å². The molecule has 1 aliphatic carbocycles. The number of allylic oxidation sites excluding steroid dienone is 2. The summed E-state index contributed by atoms with van der Waals surface area (Å²) in [4.78, 5) is 35.8. The van der Waals surface area contributed by atoms with Crippen LogP contribution in [0.2, 0.25) is 0 Å². The first-order valence-electron chi connectivity index (χ1n) is 10.5. The Labute approximate surface area is 181 Å². The fourth-order valence-electron chi connectivity index (χ4n) is 4.07. The highest BCUT2D eigenvalue weighted by Gasteiger charge is 2.37. The van der Waals surface area contributed by atoms with E-state index in [9.17, 15) is 9.59 Å². The number of thioether (sulfide) groups is 1. The summed E-state index contributed by atoms with van der Waals surface area (Å²) >= 11 is 1.57. The number of rotatable bonds is 5. The lowest BCUT2D eigenvalue weighted by atomic mass is 9.76. The Morgan fingerprint density at radius 1 is 1.20 bits per heavy atom. The quantitative estimate of drug-likeness (QED) is 0.551. The molecular formula is C23H28N4O2S. The molecule has 0 saturated heterocycles. The zero-order chi connectivity index (χ0) is 21.4. The SMILES string of the molecule is CC[C@H](C)Sc1nc2c(c(=O)[nH]1)[C@H](c1ccc(N(C)C)cc1)C1=C(CCCC1=O)N2. The Kier molecular flexibility index (Phi) is 5.73. The zero-order valence-electron chi connectivity index (χ0n) is 17.9. The molecule has 2 aliphatic rings. The monoisotopic (exact) mass is 424 g/mol. The third-order valence-electron chi connectivity index (χ3n) is 5.87. The Bertz CT molecular complexity index is 1060. The fourth-order valence-corrected chi connectivity index (χ4v) is 4.91. The van der Waals surface area contributed by atoms with E-state index in [-0.39, 0.29) is 17.3 Å². The summed E-state index contributed by atoms with van der Waals surface area (Å²) in [6.45, 7) is 4.23. The van der Waals surface area contributed by atoms with E-state index >= 15 is 0 Å². The van der Waals surface area contributed by atoms with Crippen molar-refractivity contribution < 1.29 is 4.79 Å². The summed E-state index contributed by atoms with van der Waals surface area (Å²) < 4.78 is 0. The van der Waals surface area contributed by atoms with Crippen LogP contribution < -0.4 is 15.8 Å². The van der Waals surface area contributed by atoms with Gasteiger partial charge in [-0.2, -0.15) is 0 Å². The second-order valence-electron chi connectivity index (χ2n) is 8.18. The van der Waals surface area contributed by atoms with Crippen molar-refractivity contribution in [3.63, 3.8) is 0 Å². The highest BCUT2D eigenvalue weighted by atomic mass is 32.2. The van der Waals surface area contributed by atoms with Gasteiger partial charge < -0.3 is 15.2 Å². The van der Waals surface area contributed by atoms with Gasteiger partial charge in [-0.1, -0.05) is 37.7 Å². The van der Waals surface area contributed by atoms with Crippen molar-refractivity contribution >= 4 is 29.1 Å². The molecule has 158 valence electrons. The van der Waals surface area contributed by atoms with Gasteiger partial charge in [-0.05, 0) is 37.0 Å². The van der Waals surface area contributed by atoms with Gasteiger partial charge in [0.1, 0.15) is 5.82 Å². The zero-order valence-corrected chi connectivity index (χ0v) is 18.7. The Hall–Kier alpha value is -2.54. The molecule has 2 aromatic rings. The molecule has 30 heavy (non-hydrogen) atoms. The number of carbonyl (C=O) groups is 1. The van der Waals surface area contributed by atoms with Crippen LogP contribution in [0.3, 0.4) is 0 Å². The largest absolute Gasteiger partial charge is 0.378 e. The van der Waals surface area contributed by atoms with E-state index in [1.54, 1.807) is 11.8 Å². The second-order valence-corrected chi connectivity index (χ2v) is 9.61. The lowest BCUT2D eigenvalue weighted by Gasteiger charge is -2.33. The molecule has 0 fully saturated rings. The lowest BCUT2D eigenvalue weighted by Crippen LogP contribution is -2.32. The van der Waals surface area contributed by atoms with Gasteiger partial charge in [0.2, 0.25) is 0 Å². The van der Waals surface area contributed by atoms with Crippen molar-refractivity contribution in [3.05, 3.63) is 57.0 Å². The average molecular weight is 425 g/mol. The number of aromatic amines is 1. The van der Waals surface area contributed by atoms with Crippen molar-refractivity contribution in [1.82, 2.24) is 9.97 Å². The summed E-state index contributed by atoms with van der Waals surface area (Å²) in [6.07, 6.45) is 3.14. The summed E-state index contributed by atoms with van der Waals surface area (Å²) in [5, 5.41) is 4.31. The molecule has 2 heterocycles. The van der Waals surface area contributed by atoms with E-state index in [0.717, 1.165) is 41.8 Å². The van der Waals surface area contributed by atoms with Crippen LogP contribution in [-0.4, -0.2) is 35.1 Å². The minimum absolute atomic E-state index is 0.119. The molecule has 0 bridgehead atoms. The molecule has 1 aliphatic heterocycles. The normalized spacial score (nSPS) is 19.1. The van der Waals surface area contributed by atoms with Gasteiger partial charge in [-0.15, -0.1) is 0 Å². The van der Waals surface area contributed by atoms with Crippen molar-refractivity contribution in [2.24, 2.45) is 0 Å². The fraction of sp³-hybridized carbons (Fsp3) is 0.435. The topological polar surface area (TPSA) is 78.1 Å². The second kappa shape index (κ2) is 8.30. The summed E-state index contributed by atoms with van der Waals surface area (Å²) in [5.41, 5.74) is 4.02.